The summed E-state index contributed by atoms with van der Waals surface area (Å²) in [5, 5.41) is 23.5. The van der Waals surface area contributed by atoms with Crippen molar-refractivity contribution in [2.45, 2.75) is 25.9 Å². The number of urea groups is 1. The van der Waals surface area contributed by atoms with E-state index in [0.717, 1.165) is 22.3 Å². The summed E-state index contributed by atoms with van der Waals surface area (Å²) in [7, 11) is 0. The van der Waals surface area contributed by atoms with Crippen molar-refractivity contribution in [1.82, 2.24) is 19.8 Å². The smallest absolute Gasteiger partial charge is 0.329 e. The molecule has 0 saturated carbocycles. The van der Waals surface area contributed by atoms with Gasteiger partial charge in [0.1, 0.15) is 11.0 Å². The summed E-state index contributed by atoms with van der Waals surface area (Å²) in [6, 6.07) is 29.8. The van der Waals surface area contributed by atoms with Gasteiger partial charge in [-0.1, -0.05) is 72.8 Å². The molecule has 0 atom stereocenters. The number of aliphatic hydroxyl groups is 2. The summed E-state index contributed by atoms with van der Waals surface area (Å²) in [4.78, 5) is 26.2. The second-order valence-corrected chi connectivity index (χ2v) is 10.7. The molecule has 9 heteroatoms. The lowest BCUT2D eigenvalue weighted by Crippen LogP contribution is -2.41. The van der Waals surface area contributed by atoms with E-state index in [0.29, 0.717) is 22.2 Å². The Bertz CT molecular complexity index is 1880. The van der Waals surface area contributed by atoms with Crippen LogP contribution in [0.25, 0.3) is 22.2 Å². The third kappa shape index (κ3) is 5.27. The maximum absolute atomic E-state index is 14.8. The molecule has 0 fully saturated rings. The molecule has 0 unspecified atom stereocenters. The zero-order valence-corrected chi connectivity index (χ0v) is 23.6. The van der Waals surface area contributed by atoms with Crippen molar-refractivity contribution in [1.29, 1.82) is 0 Å². The highest BCUT2D eigenvalue weighted by molar-refractivity contribution is 5.81. The predicted molar refractivity (Wildman–Crippen MR) is 164 cm³/mol. The molecular weight excluding hydrogens is 556 g/mol. The van der Waals surface area contributed by atoms with Gasteiger partial charge in [-0.05, 0) is 46.5 Å². The Morgan fingerprint density at radius 1 is 0.568 bits per heavy atom. The van der Waals surface area contributed by atoms with Gasteiger partial charge in [0.15, 0.2) is 35.5 Å². The minimum atomic E-state index is -0.396. The number of amides is 2. The number of carbonyl (C=O) groups is 1. The van der Waals surface area contributed by atoms with E-state index in [1.807, 2.05) is 97.1 Å². The van der Waals surface area contributed by atoms with Gasteiger partial charge >= 0.3 is 6.03 Å². The highest BCUT2D eigenvalue weighted by Gasteiger charge is 2.36. The average Bonchev–Trinajstić information content (AvgIpc) is 3.72. The Labute approximate surface area is 252 Å². The Kier molecular flexibility index (Phi) is 7.03. The number of hydrogen-bond acceptors (Lipinski definition) is 7. The van der Waals surface area contributed by atoms with Gasteiger partial charge < -0.3 is 19.0 Å². The van der Waals surface area contributed by atoms with Gasteiger partial charge in [0.05, 0.1) is 24.5 Å². The summed E-state index contributed by atoms with van der Waals surface area (Å²) in [5.41, 5.74) is 6.45. The zero-order chi connectivity index (χ0) is 30.0. The number of fused-ring (bicyclic) bond motifs is 2. The van der Waals surface area contributed by atoms with Crippen LogP contribution in [-0.2, 0) is 25.9 Å². The molecule has 1 aliphatic heterocycles. The Balaban J connectivity index is 1.35. The van der Waals surface area contributed by atoms with Crippen molar-refractivity contribution in [3.63, 3.8) is 0 Å². The molecule has 0 radical (unpaired) electrons. The van der Waals surface area contributed by atoms with Crippen LogP contribution in [0.3, 0.4) is 0 Å². The van der Waals surface area contributed by atoms with Crippen molar-refractivity contribution in [3.8, 4) is 0 Å². The average molecular weight is 585 g/mol. The van der Waals surface area contributed by atoms with Gasteiger partial charge in [0.25, 0.3) is 0 Å². The lowest BCUT2D eigenvalue weighted by atomic mass is 10.0. The van der Waals surface area contributed by atoms with Crippen LogP contribution >= 0.6 is 0 Å². The van der Waals surface area contributed by atoms with Crippen LogP contribution in [-0.4, -0.2) is 36.0 Å². The van der Waals surface area contributed by atoms with Crippen LogP contribution < -0.4 is 0 Å². The number of nitrogens with zero attached hydrogens (tertiary/aromatic N) is 4. The van der Waals surface area contributed by atoms with Crippen molar-refractivity contribution >= 4 is 28.2 Å². The maximum atomic E-state index is 14.8. The van der Waals surface area contributed by atoms with Gasteiger partial charge in [0, 0.05) is 12.8 Å². The molecule has 9 nitrogen and oxygen atoms in total. The molecule has 4 aromatic carbocycles. The lowest BCUT2D eigenvalue weighted by molar-refractivity contribution is 0.171. The molecule has 218 valence electrons. The standard InChI is InChI=1S/C35H28N4O5/c40-33-29(15-23-7-3-1-4-8-23)38(19-25-11-13-27-31(17-25)43-21-36-27)35(42)39(20-26-12-14-28-32(18-26)44-22-37-28)30(34(33)41)16-24-9-5-2-6-10-24/h1-14,17-18,21-22,40-41H,15-16,19-20H2. The molecule has 0 aliphatic carbocycles. The fraction of sp³-hybridized carbons (Fsp3) is 0.114. The third-order valence-corrected chi connectivity index (χ3v) is 7.79. The summed E-state index contributed by atoms with van der Waals surface area (Å²) in [6.07, 6.45) is 3.18. The number of oxazole rings is 2. The highest BCUT2D eigenvalue weighted by atomic mass is 16.3. The quantitative estimate of drug-likeness (QED) is 0.191. The Morgan fingerprint density at radius 2 is 1.00 bits per heavy atom. The number of aliphatic hydroxyl groups excluding tert-OH is 2. The molecule has 2 amide bonds. The Hall–Kier alpha value is -5.83. The second-order valence-electron chi connectivity index (χ2n) is 10.7. The summed E-state index contributed by atoms with van der Waals surface area (Å²) in [5.74, 6) is -0.691. The van der Waals surface area contributed by atoms with Gasteiger partial charge in [-0.2, -0.15) is 0 Å². The molecule has 3 heterocycles. The molecule has 2 aromatic heterocycles. The summed E-state index contributed by atoms with van der Waals surface area (Å²) < 4.78 is 11.0. The summed E-state index contributed by atoms with van der Waals surface area (Å²) in [6.45, 7) is 0.233. The lowest BCUT2D eigenvalue weighted by Gasteiger charge is -2.31. The molecule has 1 aliphatic rings. The SMILES string of the molecule is O=C1N(Cc2ccc3ncoc3c2)C(Cc2ccccc2)=C(O)C(O)=C(Cc2ccccc2)N1Cc1ccc2ncoc2c1. The molecule has 2 N–H and O–H groups in total. The third-order valence-electron chi connectivity index (χ3n) is 7.79. The second kappa shape index (κ2) is 11.4. The van der Waals surface area contributed by atoms with Gasteiger partial charge in [0.2, 0.25) is 0 Å². The van der Waals surface area contributed by atoms with Gasteiger partial charge in [-0.25, -0.2) is 14.8 Å². The van der Waals surface area contributed by atoms with Crippen molar-refractivity contribution in [2.75, 3.05) is 0 Å². The van der Waals surface area contributed by atoms with E-state index in [9.17, 15) is 15.0 Å². The van der Waals surface area contributed by atoms with Crippen molar-refractivity contribution in [3.05, 3.63) is 155 Å². The molecule has 6 aromatic rings. The van der Waals surface area contributed by atoms with Crippen LogP contribution in [0, 0.1) is 0 Å². The van der Waals surface area contributed by atoms with Crippen LogP contribution in [0.15, 0.2) is 142 Å². The van der Waals surface area contributed by atoms with E-state index in [4.69, 9.17) is 8.83 Å². The van der Waals surface area contributed by atoms with E-state index in [1.165, 1.54) is 22.6 Å². The molecule has 44 heavy (non-hydrogen) atoms. The minimum absolute atomic E-state index is 0.116. The Morgan fingerprint density at radius 3 is 1.43 bits per heavy atom. The van der Waals surface area contributed by atoms with E-state index in [-0.39, 0.29) is 48.8 Å². The van der Waals surface area contributed by atoms with E-state index in [1.54, 1.807) is 0 Å². The first-order valence-electron chi connectivity index (χ1n) is 14.2. The zero-order valence-electron chi connectivity index (χ0n) is 23.6. The largest absolute Gasteiger partial charge is 0.503 e. The number of carbonyl (C=O) groups excluding carboxylic acids is 1. The maximum Gasteiger partial charge on any atom is 0.329 e. The molecular formula is C35H28N4O5. The van der Waals surface area contributed by atoms with E-state index < -0.39 is 6.03 Å². The fourth-order valence-electron chi connectivity index (χ4n) is 5.53. The molecule has 0 saturated heterocycles. The number of allylic oxidation sites excluding steroid dienone is 2. The van der Waals surface area contributed by atoms with E-state index in [2.05, 4.69) is 9.97 Å². The topological polar surface area (TPSA) is 116 Å². The monoisotopic (exact) mass is 584 g/mol. The normalized spacial score (nSPS) is 14.2. The van der Waals surface area contributed by atoms with E-state index >= 15 is 0 Å². The molecule has 0 bridgehead atoms. The van der Waals surface area contributed by atoms with Crippen molar-refractivity contribution < 1.29 is 23.8 Å². The van der Waals surface area contributed by atoms with Crippen molar-refractivity contribution in [2.24, 2.45) is 0 Å². The highest BCUT2D eigenvalue weighted by Crippen LogP contribution is 2.33. The van der Waals surface area contributed by atoms with Gasteiger partial charge in [-0.15, -0.1) is 0 Å². The van der Waals surface area contributed by atoms with Gasteiger partial charge in [-0.3, -0.25) is 9.80 Å². The number of aromatic nitrogens is 2. The van der Waals surface area contributed by atoms with Crippen LogP contribution in [0.1, 0.15) is 22.3 Å². The number of rotatable bonds is 8. The minimum Gasteiger partial charge on any atom is -0.503 e. The first kappa shape index (κ1) is 27.0. The molecule has 0 spiro atoms. The fourth-order valence-corrected chi connectivity index (χ4v) is 5.53. The number of benzene rings is 4. The van der Waals surface area contributed by atoms with Crippen LogP contribution in [0.5, 0.6) is 0 Å². The first-order chi connectivity index (χ1) is 21.5. The predicted octanol–water partition coefficient (Wildman–Crippen LogP) is 7.43. The summed E-state index contributed by atoms with van der Waals surface area (Å²) >= 11 is 0. The first-order valence-corrected chi connectivity index (χ1v) is 14.2. The number of hydrogen-bond donors (Lipinski definition) is 2. The van der Waals surface area contributed by atoms with Crippen LogP contribution in [0.4, 0.5) is 4.79 Å². The molecule has 7 rings (SSSR count). The van der Waals surface area contributed by atoms with Crippen LogP contribution in [0.2, 0.25) is 0 Å².